The molecule has 0 atom stereocenters. The van der Waals surface area contributed by atoms with Gasteiger partial charge in [0.1, 0.15) is 11.3 Å². The predicted molar refractivity (Wildman–Crippen MR) is 116 cm³/mol. The molecule has 0 aliphatic heterocycles. The van der Waals surface area contributed by atoms with Crippen molar-refractivity contribution in [1.29, 1.82) is 0 Å². The summed E-state index contributed by atoms with van der Waals surface area (Å²) in [6, 6.07) is 17.5. The zero-order valence-electron chi connectivity index (χ0n) is 16.1. The van der Waals surface area contributed by atoms with Crippen molar-refractivity contribution in [2.45, 2.75) is 19.8 Å². The molecule has 0 saturated heterocycles. The maximum Gasteiger partial charge on any atom is 0.305 e. The monoisotopic (exact) mass is 408 g/mol. The first-order chi connectivity index (χ1) is 14.1. The van der Waals surface area contributed by atoms with Gasteiger partial charge in [-0.05, 0) is 55.8 Å². The summed E-state index contributed by atoms with van der Waals surface area (Å²) in [6.07, 6.45) is 1.13. The Labute approximate surface area is 173 Å². The highest BCUT2D eigenvalue weighted by Crippen LogP contribution is 2.30. The Morgan fingerprint density at radius 3 is 2.83 bits per heavy atom. The van der Waals surface area contributed by atoms with Gasteiger partial charge in [-0.2, -0.15) is 0 Å². The fourth-order valence-corrected chi connectivity index (χ4v) is 3.37. The minimum Gasteiger partial charge on any atom is -0.466 e. The first-order valence-corrected chi connectivity index (χ1v) is 10.00. The molecule has 0 spiro atoms. The minimum atomic E-state index is -0.159. The summed E-state index contributed by atoms with van der Waals surface area (Å²) >= 11 is 6.09. The van der Waals surface area contributed by atoms with Crippen LogP contribution in [-0.2, 0) is 9.53 Å². The summed E-state index contributed by atoms with van der Waals surface area (Å²) in [7, 11) is 0. The topological polar surface area (TPSA) is 64.4 Å². The summed E-state index contributed by atoms with van der Waals surface area (Å²) in [4.78, 5) is 16.1. The van der Waals surface area contributed by atoms with Crippen molar-refractivity contribution in [1.82, 2.24) is 4.98 Å². The van der Waals surface area contributed by atoms with Gasteiger partial charge in [0.2, 0.25) is 0 Å². The smallest absolute Gasteiger partial charge is 0.305 e. The van der Waals surface area contributed by atoms with E-state index in [4.69, 9.17) is 20.8 Å². The molecule has 0 aliphatic rings. The zero-order valence-corrected chi connectivity index (χ0v) is 16.8. The lowest BCUT2D eigenvalue weighted by atomic mass is 10.1. The number of furan rings is 1. The number of aromatic nitrogens is 1. The number of pyridine rings is 1. The standard InChI is InChI=1S/C23H21ClN2O3/c1-2-28-23(27)4-3-11-25-18-8-10-21-16(12-18)13-22(29-21)19-9-6-15-5-7-17(24)14-20(15)26-19/h5-10,12-14,25H,2-4,11H2,1H3. The molecule has 29 heavy (non-hydrogen) atoms. The Kier molecular flexibility index (Phi) is 5.67. The van der Waals surface area contributed by atoms with Crippen molar-refractivity contribution in [3.8, 4) is 11.5 Å². The Bertz CT molecular complexity index is 1170. The van der Waals surface area contributed by atoms with Gasteiger partial charge in [0.25, 0.3) is 0 Å². The Balaban J connectivity index is 1.49. The molecule has 148 valence electrons. The maximum atomic E-state index is 11.4. The number of halogens is 1. The number of benzene rings is 2. The lowest BCUT2D eigenvalue weighted by Crippen LogP contribution is -2.08. The van der Waals surface area contributed by atoms with E-state index in [0.717, 1.165) is 39.7 Å². The lowest BCUT2D eigenvalue weighted by molar-refractivity contribution is -0.143. The van der Waals surface area contributed by atoms with Crippen molar-refractivity contribution in [3.63, 3.8) is 0 Å². The number of rotatable bonds is 7. The van der Waals surface area contributed by atoms with Crippen molar-refractivity contribution in [2.75, 3.05) is 18.5 Å². The number of carbonyl (C=O) groups excluding carboxylic acids is 1. The Morgan fingerprint density at radius 1 is 1.10 bits per heavy atom. The van der Waals surface area contributed by atoms with Gasteiger partial charge in [0.15, 0.2) is 5.76 Å². The van der Waals surface area contributed by atoms with Gasteiger partial charge in [0, 0.05) is 34.4 Å². The van der Waals surface area contributed by atoms with Gasteiger partial charge in [0.05, 0.1) is 12.1 Å². The van der Waals surface area contributed by atoms with Crippen molar-refractivity contribution >= 4 is 45.1 Å². The van der Waals surface area contributed by atoms with E-state index in [9.17, 15) is 4.79 Å². The molecular formula is C23H21ClN2O3. The van der Waals surface area contributed by atoms with Crippen LogP contribution in [0.5, 0.6) is 0 Å². The molecule has 0 saturated carbocycles. The van der Waals surface area contributed by atoms with Crippen LogP contribution >= 0.6 is 11.6 Å². The highest BCUT2D eigenvalue weighted by Gasteiger charge is 2.09. The average molecular weight is 409 g/mol. The number of hydrogen-bond acceptors (Lipinski definition) is 5. The van der Waals surface area contributed by atoms with Crippen LogP contribution in [0.2, 0.25) is 5.02 Å². The van der Waals surface area contributed by atoms with Gasteiger partial charge >= 0.3 is 5.97 Å². The molecule has 2 heterocycles. The summed E-state index contributed by atoms with van der Waals surface area (Å²) in [6.45, 7) is 2.93. The number of carbonyl (C=O) groups is 1. The summed E-state index contributed by atoms with van der Waals surface area (Å²) in [5, 5.41) is 6.01. The average Bonchev–Trinajstić information content (AvgIpc) is 3.14. The van der Waals surface area contributed by atoms with E-state index in [2.05, 4.69) is 10.3 Å². The van der Waals surface area contributed by atoms with E-state index < -0.39 is 0 Å². The Hall–Kier alpha value is -3.05. The molecule has 0 aliphatic carbocycles. The summed E-state index contributed by atoms with van der Waals surface area (Å²) in [5.74, 6) is 0.551. The second-order valence-electron chi connectivity index (χ2n) is 6.73. The van der Waals surface area contributed by atoms with E-state index in [1.807, 2.05) is 61.5 Å². The number of nitrogens with zero attached hydrogens (tertiary/aromatic N) is 1. The van der Waals surface area contributed by atoms with E-state index in [1.165, 1.54) is 0 Å². The molecule has 0 amide bonds. The highest BCUT2D eigenvalue weighted by molar-refractivity contribution is 6.31. The third-order valence-electron chi connectivity index (χ3n) is 4.62. The largest absolute Gasteiger partial charge is 0.466 e. The molecule has 2 aromatic carbocycles. The fraction of sp³-hybridized carbons (Fsp3) is 0.217. The van der Waals surface area contributed by atoms with E-state index in [1.54, 1.807) is 0 Å². The quantitative estimate of drug-likeness (QED) is 0.297. The second-order valence-corrected chi connectivity index (χ2v) is 7.17. The highest BCUT2D eigenvalue weighted by atomic mass is 35.5. The van der Waals surface area contributed by atoms with E-state index in [-0.39, 0.29) is 5.97 Å². The molecule has 0 radical (unpaired) electrons. The first-order valence-electron chi connectivity index (χ1n) is 9.62. The molecule has 4 aromatic rings. The number of ether oxygens (including phenoxy) is 1. The van der Waals surface area contributed by atoms with Gasteiger partial charge in [-0.3, -0.25) is 4.79 Å². The van der Waals surface area contributed by atoms with Crippen LogP contribution in [0.4, 0.5) is 5.69 Å². The third-order valence-corrected chi connectivity index (χ3v) is 4.85. The van der Waals surface area contributed by atoms with Gasteiger partial charge in [-0.1, -0.05) is 23.7 Å². The Morgan fingerprint density at radius 2 is 1.97 bits per heavy atom. The van der Waals surface area contributed by atoms with Crippen LogP contribution in [0.25, 0.3) is 33.3 Å². The van der Waals surface area contributed by atoms with E-state index >= 15 is 0 Å². The summed E-state index contributed by atoms with van der Waals surface area (Å²) < 4.78 is 10.9. The van der Waals surface area contributed by atoms with Crippen LogP contribution in [0, 0.1) is 0 Å². The van der Waals surface area contributed by atoms with Crippen LogP contribution in [-0.4, -0.2) is 24.1 Å². The number of nitrogens with one attached hydrogen (secondary N) is 1. The molecule has 5 nitrogen and oxygen atoms in total. The molecule has 2 aromatic heterocycles. The first kappa shape index (κ1) is 19.3. The number of esters is 1. The third kappa shape index (κ3) is 4.51. The van der Waals surface area contributed by atoms with Crippen LogP contribution in [0.3, 0.4) is 0 Å². The second kappa shape index (κ2) is 8.53. The number of anilines is 1. The normalized spacial score (nSPS) is 11.1. The SMILES string of the molecule is CCOC(=O)CCCNc1ccc2oc(-c3ccc4ccc(Cl)cc4n3)cc2c1. The predicted octanol–water partition coefficient (Wildman–Crippen LogP) is 6.06. The molecule has 6 heteroatoms. The van der Waals surface area contributed by atoms with E-state index in [0.29, 0.717) is 30.4 Å². The lowest BCUT2D eigenvalue weighted by Gasteiger charge is -2.06. The molecule has 0 fully saturated rings. The van der Waals surface area contributed by atoms with Gasteiger partial charge in [-0.15, -0.1) is 0 Å². The fourth-order valence-electron chi connectivity index (χ4n) is 3.21. The minimum absolute atomic E-state index is 0.159. The number of fused-ring (bicyclic) bond motifs is 2. The molecule has 4 rings (SSSR count). The molecule has 0 unspecified atom stereocenters. The van der Waals surface area contributed by atoms with Crippen molar-refractivity contribution in [3.05, 3.63) is 59.6 Å². The summed E-state index contributed by atoms with van der Waals surface area (Å²) in [5.41, 5.74) is 3.37. The van der Waals surface area contributed by atoms with Crippen LogP contribution in [0.1, 0.15) is 19.8 Å². The molecule has 1 N–H and O–H groups in total. The zero-order chi connectivity index (χ0) is 20.2. The number of hydrogen-bond donors (Lipinski definition) is 1. The van der Waals surface area contributed by atoms with Gasteiger partial charge < -0.3 is 14.5 Å². The molecular weight excluding hydrogens is 388 g/mol. The van der Waals surface area contributed by atoms with Crippen molar-refractivity contribution < 1.29 is 13.9 Å². The molecule has 0 bridgehead atoms. The maximum absolute atomic E-state index is 11.4. The van der Waals surface area contributed by atoms with Gasteiger partial charge in [-0.25, -0.2) is 4.98 Å². The van der Waals surface area contributed by atoms with Crippen LogP contribution in [0.15, 0.2) is 59.0 Å². The van der Waals surface area contributed by atoms with Crippen LogP contribution < -0.4 is 5.32 Å². The van der Waals surface area contributed by atoms with Crippen molar-refractivity contribution in [2.24, 2.45) is 0 Å².